The molecule has 0 aliphatic carbocycles. The fourth-order valence-electron chi connectivity index (χ4n) is 3.34. The number of thiophene rings is 1. The van der Waals surface area contributed by atoms with Crippen molar-refractivity contribution >= 4 is 34.1 Å². The van der Waals surface area contributed by atoms with E-state index in [0.717, 1.165) is 32.5 Å². The average Bonchev–Trinajstić information content (AvgIpc) is 3.47. The van der Waals surface area contributed by atoms with Crippen molar-refractivity contribution in [3.63, 3.8) is 0 Å². The van der Waals surface area contributed by atoms with Crippen molar-refractivity contribution in [3.8, 4) is 22.1 Å². The molecule has 5 aromatic rings. The smallest absolute Gasteiger partial charge is 0.336 e. The summed E-state index contributed by atoms with van der Waals surface area (Å²) in [5, 5.41) is 12.6. The normalized spacial score (nSPS) is 11.1. The van der Waals surface area contributed by atoms with Gasteiger partial charge < -0.3 is 9.15 Å². The maximum atomic E-state index is 12.1. The van der Waals surface area contributed by atoms with E-state index >= 15 is 0 Å². The van der Waals surface area contributed by atoms with E-state index in [1.165, 1.54) is 17.8 Å². The summed E-state index contributed by atoms with van der Waals surface area (Å²) in [7, 11) is 1.58. The summed E-state index contributed by atoms with van der Waals surface area (Å²) in [6, 6.07) is 21.1. The number of rotatable bonds is 6. The summed E-state index contributed by atoms with van der Waals surface area (Å²) in [4.78, 5) is 13.2. The highest BCUT2D eigenvalue weighted by atomic mass is 32.2. The number of thioether (sulfide) groups is 1. The van der Waals surface area contributed by atoms with Crippen molar-refractivity contribution in [2.24, 2.45) is 0 Å². The number of benzene rings is 2. The van der Waals surface area contributed by atoms with E-state index in [-0.39, 0.29) is 5.63 Å². The Hall–Kier alpha value is -3.36. The summed E-state index contributed by atoms with van der Waals surface area (Å²) in [6.45, 7) is 0. The van der Waals surface area contributed by atoms with Crippen LogP contribution in [0.5, 0.6) is 5.75 Å². The van der Waals surface area contributed by atoms with Crippen LogP contribution in [0.4, 0.5) is 0 Å². The van der Waals surface area contributed by atoms with E-state index < -0.39 is 0 Å². The van der Waals surface area contributed by atoms with Gasteiger partial charge in [0.05, 0.1) is 12.0 Å². The van der Waals surface area contributed by atoms with Gasteiger partial charge in [0, 0.05) is 29.0 Å². The van der Waals surface area contributed by atoms with Crippen LogP contribution in [0.2, 0.25) is 0 Å². The molecular formula is C23H17N3O3S2. The number of aromatic nitrogens is 3. The number of nitrogens with zero attached hydrogens (tertiary/aromatic N) is 3. The molecular weight excluding hydrogens is 430 g/mol. The first kappa shape index (κ1) is 19.6. The van der Waals surface area contributed by atoms with Gasteiger partial charge in [-0.15, -0.1) is 21.5 Å². The molecule has 154 valence electrons. The Morgan fingerprint density at radius 3 is 2.71 bits per heavy atom. The molecule has 0 aliphatic rings. The zero-order valence-corrected chi connectivity index (χ0v) is 18.2. The van der Waals surface area contributed by atoms with Crippen molar-refractivity contribution in [3.05, 3.63) is 88.1 Å². The largest absolute Gasteiger partial charge is 0.497 e. The van der Waals surface area contributed by atoms with Crippen LogP contribution in [0.1, 0.15) is 5.56 Å². The predicted molar refractivity (Wildman–Crippen MR) is 123 cm³/mol. The lowest BCUT2D eigenvalue weighted by molar-refractivity contribution is 0.414. The second kappa shape index (κ2) is 8.41. The minimum Gasteiger partial charge on any atom is -0.497 e. The molecule has 0 amide bonds. The number of para-hydroxylation sites is 1. The number of methoxy groups -OCH3 is 1. The molecule has 0 radical (unpaired) electrons. The van der Waals surface area contributed by atoms with E-state index in [1.807, 2.05) is 64.5 Å². The Morgan fingerprint density at radius 1 is 1.06 bits per heavy atom. The highest BCUT2D eigenvalue weighted by molar-refractivity contribution is 7.98. The highest BCUT2D eigenvalue weighted by Gasteiger charge is 2.17. The monoisotopic (exact) mass is 447 g/mol. The molecule has 5 rings (SSSR count). The minimum atomic E-state index is -0.389. The maximum absolute atomic E-state index is 12.1. The van der Waals surface area contributed by atoms with Crippen LogP contribution >= 0.6 is 23.1 Å². The van der Waals surface area contributed by atoms with Crippen LogP contribution < -0.4 is 10.4 Å². The van der Waals surface area contributed by atoms with Gasteiger partial charge in [-0.2, -0.15) is 0 Å². The molecule has 0 bridgehead atoms. The van der Waals surface area contributed by atoms with Gasteiger partial charge in [0.25, 0.3) is 0 Å². The van der Waals surface area contributed by atoms with Crippen LogP contribution in [-0.4, -0.2) is 21.9 Å². The van der Waals surface area contributed by atoms with Gasteiger partial charge in [0.15, 0.2) is 11.0 Å². The maximum Gasteiger partial charge on any atom is 0.336 e. The van der Waals surface area contributed by atoms with Gasteiger partial charge in [-0.1, -0.05) is 36.0 Å². The van der Waals surface area contributed by atoms with Crippen molar-refractivity contribution < 1.29 is 9.15 Å². The average molecular weight is 448 g/mol. The third-order valence-electron chi connectivity index (χ3n) is 4.78. The topological polar surface area (TPSA) is 70.2 Å². The molecule has 0 saturated carbocycles. The van der Waals surface area contributed by atoms with Crippen molar-refractivity contribution in [2.45, 2.75) is 10.9 Å². The zero-order chi connectivity index (χ0) is 21.2. The Bertz CT molecular complexity index is 1390. The standard InChI is InChI=1S/C23H17N3O3S2/c1-28-17-9-10-18-15(12-21(27)29-19(18)13-17)14-31-23-25-24-22(20-8-5-11-30-20)26(23)16-6-3-2-4-7-16/h2-13H,14H2,1H3. The molecule has 2 aromatic carbocycles. The van der Waals surface area contributed by atoms with Crippen LogP contribution in [0, 0.1) is 0 Å². The molecule has 0 N–H and O–H groups in total. The molecule has 6 nitrogen and oxygen atoms in total. The molecule has 0 atom stereocenters. The second-order valence-corrected chi connectivity index (χ2v) is 8.59. The zero-order valence-electron chi connectivity index (χ0n) is 16.5. The molecule has 3 aromatic heterocycles. The highest BCUT2D eigenvalue weighted by Crippen LogP contribution is 2.33. The third-order valence-corrected chi connectivity index (χ3v) is 6.63. The van der Waals surface area contributed by atoms with E-state index in [1.54, 1.807) is 24.5 Å². The molecule has 0 fully saturated rings. The first-order valence-electron chi connectivity index (χ1n) is 9.51. The fraction of sp³-hybridized carbons (Fsp3) is 0.0870. The van der Waals surface area contributed by atoms with Crippen LogP contribution in [0.15, 0.2) is 86.5 Å². The van der Waals surface area contributed by atoms with Gasteiger partial charge in [0.1, 0.15) is 11.3 Å². The van der Waals surface area contributed by atoms with E-state index in [4.69, 9.17) is 9.15 Å². The Labute approximate surface area is 186 Å². The lowest BCUT2D eigenvalue weighted by Crippen LogP contribution is -2.01. The molecule has 0 saturated heterocycles. The van der Waals surface area contributed by atoms with Gasteiger partial charge in [-0.25, -0.2) is 4.79 Å². The lowest BCUT2D eigenvalue weighted by atomic mass is 10.1. The van der Waals surface area contributed by atoms with E-state index in [0.29, 0.717) is 17.1 Å². The molecule has 0 unspecified atom stereocenters. The summed E-state index contributed by atoms with van der Waals surface area (Å²) in [5.41, 5.74) is 1.98. The van der Waals surface area contributed by atoms with Gasteiger partial charge in [-0.05, 0) is 41.3 Å². The SMILES string of the molecule is COc1ccc2c(CSc3nnc(-c4cccs4)n3-c3ccccc3)cc(=O)oc2c1. The van der Waals surface area contributed by atoms with Gasteiger partial charge >= 0.3 is 5.63 Å². The number of fused-ring (bicyclic) bond motifs is 1. The lowest BCUT2D eigenvalue weighted by Gasteiger charge is -2.10. The van der Waals surface area contributed by atoms with Gasteiger partial charge in [0.2, 0.25) is 0 Å². The van der Waals surface area contributed by atoms with Crippen LogP contribution in [0.3, 0.4) is 0 Å². The minimum absolute atomic E-state index is 0.389. The van der Waals surface area contributed by atoms with E-state index in [9.17, 15) is 4.79 Å². The Morgan fingerprint density at radius 2 is 1.94 bits per heavy atom. The Kier molecular flexibility index (Phi) is 5.31. The fourth-order valence-corrected chi connectivity index (χ4v) is 4.98. The summed E-state index contributed by atoms with van der Waals surface area (Å²) in [5.74, 6) is 1.99. The summed E-state index contributed by atoms with van der Waals surface area (Å²) < 4.78 is 12.7. The summed E-state index contributed by atoms with van der Waals surface area (Å²) in [6.07, 6.45) is 0. The summed E-state index contributed by atoms with van der Waals surface area (Å²) >= 11 is 3.15. The van der Waals surface area contributed by atoms with Crippen molar-refractivity contribution in [2.75, 3.05) is 7.11 Å². The quantitative estimate of drug-likeness (QED) is 0.256. The predicted octanol–water partition coefficient (Wildman–Crippen LogP) is 5.40. The first-order valence-corrected chi connectivity index (χ1v) is 11.4. The molecule has 0 spiro atoms. The molecule has 3 heterocycles. The van der Waals surface area contributed by atoms with Crippen molar-refractivity contribution in [1.29, 1.82) is 0 Å². The number of hydrogen-bond donors (Lipinski definition) is 0. The third kappa shape index (κ3) is 3.87. The second-order valence-electron chi connectivity index (χ2n) is 6.70. The van der Waals surface area contributed by atoms with Crippen molar-refractivity contribution in [1.82, 2.24) is 14.8 Å². The van der Waals surface area contributed by atoms with E-state index in [2.05, 4.69) is 10.2 Å². The molecule has 0 aliphatic heterocycles. The van der Waals surface area contributed by atoms with Crippen LogP contribution in [-0.2, 0) is 5.75 Å². The van der Waals surface area contributed by atoms with Crippen LogP contribution in [0.25, 0.3) is 27.4 Å². The number of hydrogen-bond acceptors (Lipinski definition) is 7. The Balaban J connectivity index is 1.54. The van der Waals surface area contributed by atoms with Gasteiger partial charge in [-0.3, -0.25) is 4.57 Å². The molecule has 8 heteroatoms. The molecule has 31 heavy (non-hydrogen) atoms. The first-order chi connectivity index (χ1) is 15.2. The number of ether oxygens (including phenoxy) is 1.